The van der Waals surface area contributed by atoms with Gasteiger partial charge in [-0.3, -0.25) is 0 Å². The van der Waals surface area contributed by atoms with Gasteiger partial charge < -0.3 is 10.8 Å². The number of benzene rings is 1. The molecule has 6 heteroatoms. The summed E-state index contributed by atoms with van der Waals surface area (Å²) in [5, 5.41) is 9.61. The van der Waals surface area contributed by atoms with Crippen molar-refractivity contribution >= 4 is 28.3 Å². The van der Waals surface area contributed by atoms with Gasteiger partial charge in [-0.2, -0.15) is 0 Å². The predicted octanol–water partition coefficient (Wildman–Crippen LogP) is 3.82. The predicted molar refractivity (Wildman–Crippen MR) is 69.3 cm³/mol. The van der Waals surface area contributed by atoms with Gasteiger partial charge in [0, 0.05) is 6.04 Å². The summed E-state index contributed by atoms with van der Waals surface area (Å²) in [6, 6.07) is 0.110. The molecule has 1 rings (SSSR count). The van der Waals surface area contributed by atoms with Crippen LogP contribution >= 0.6 is 28.3 Å². The quantitative estimate of drug-likeness (QED) is 0.652. The number of aromatic hydroxyl groups is 1. The SMILES string of the molecule is C=CCC[C@H](N)c1c(O)c(Br)cc(F)c1F.Cl. The summed E-state index contributed by atoms with van der Waals surface area (Å²) in [4.78, 5) is 0. The van der Waals surface area contributed by atoms with Gasteiger partial charge in [0.05, 0.1) is 10.0 Å². The molecule has 1 atom stereocenters. The fourth-order valence-electron chi connectivity index (χ4n) is 1.38. The van der Waals surface area contributed by atoms with Crippen molar-refractivity contribution in [2.45, 2.75) is 18.9 Å². The minimum Gasteiger partial charge on any atom is -0.506 e. The third kappa shape index (κ3) is 3.66. The lowest BCUT2D eigenvalue weighted by atomic mass is 10.0. The molecule has 0 aliphatic heterocycles. The Morgan fingerprint density at radius 2 is 2.12 bits per heavy atom. The summed E-state index contributed by atoms with van der Waals surface area (Å²) in [7, 11) is 0. The fourth-order valence-corrected chi connectivity index (χ4v) is 1.80. The van der Waals surface area contributed by atoms with Crippen LogP contribution in [0.4, 0.5) is 8.78 Å². The van der Waals surface area contributed by atoms with E-state index in [1.54, 1.807) is 6.08 Å². The molecule has 0 unspecified atom stereocenters. The van der Waals surface area contributed by atoms with E-state index in [0.29, 0.717) is 12.8 Å². The van der Waals surface area contributed by atoms with Crippen molar-refractivity contribution in [3.8, 4) is 5.75 Å². The second-order valence-corrected chi connectivity index (χ2v) is 4.24. The van der Waals surface area contributed by atoms with E-state index in [9.17, 15) is 13.9 Å². The standard InChI is InChI=1S/C11H12BrF2NO.ClH/c1-2-3-4-8(15)9-10(14)7(13)5-6(12)11(9)16;/h2,5,8,16H,1,3-4,15H2;1H/t8-;/m0./s1. The number of allylic oxidation sites excluding steroid dienone is 1. The van der Waals surface area contributed by atoms with Gasteiger partial charge in [0.1, 0.15) is 5.75 Å². The van der Waals surface area contributed by atoms with Crippen LogP contribution < -0.4 is 5.73 Å². The maximum atomic E-state index is 13.5. The van der Waals surface area contributed by atoms with E-state index in [1.165, 1.54) is 0 Å². The van der Waals surface area contributed by atoms with Crippen LogP contribution in [-0.4, -0.2) is 5.11 Å². The Morgan fingerprint density at radius 1 is 1.53 bits per heavy atom. The van der Waals surface area contributed by atoms with Crippen LogP contribution in [0.25, 0.3) is 0 Å². The van der Waals surface area contributed by atoms with Gasteiger partial charge in [-0.05, 0) is 34.8 Å². The summed E-state index contributed by atoms with van der Waals surface area (Å²) in [6.07, 6.45) is 2.58. The Morgan fingerprint density at radius 3 is 2.65 bits per heavy atom. The molecule has 0 amide bonds. The molecular weight excluding hydrogens is 315 g/mol. The first-order valence-corrected chi connectivity index (χ1v) is 5.51. The molecule has 0 aliphatic carbocycles. The molecule has 0 spiro atoms. The Balaban J connectivity index is 0.00000256. The highest BCUT2D eigenvalue weighted by molar-refractivity contribution is 9.10. The average molecular weight is 329 g/mol. The van der Waals surface area contributed by atoms with E-state index in [4.69, 9.17) is 5.73 Å². The lowest BCUT2D eigenvalue weighted by Crippen LogP contribution is -2.13. The maximum absolute atomic E-state index is 13.5. The third-order valence-electron chi connectivity index (χ3n) is 2.23. The molecule has 17 heavy (non-hydrogen) atoms. The van der Waals surface area contributed by atoms with Crippen LogP contribution in [-0.2, 0) is 0 Å². The molecule has 0 heterocycles. The van der Waals surface area contributed by atoms with E-state index in [-0.39, 0.29) is 28.2 Å². The monoisotopic (exact) mass is 327 g/mol. The highest BCUT2D eigenvalue weighted by Gasteiger charge is 2.21. The van der Waals surface area contributed by atoms with Gasteiger partial charge in [-0.25, -0.2) is 8.78 Å². The summed E-state index contributed by atoms with van der Waals surface area (Å²) < 4.78 is 26.7. The average Bonchev–Trinajstić information content (AvgIpc) is 2.24. The van der Waals surface area contributed by atoms with Crippen LogP contribution in [0, 0.1) is 11.6 Å². The number of nitrogens with two attached hydrogens (primary N) is 1. The number of phenols is 1. The van der Waals surface area contributed by atoms with E-state index in [1.807, 2.05) is 0 Å². The first-order chi connectivity index (χ1) is 7.49. The number of phenolic OH excluding ortho intramolecular Hbond substituents is 1. The zero-order valence-electron chi connectivity index (χ0n) is 8.92. The van der Waals surface area contributed by atoms with Crippen molar-refractivity contribution in [3.05, 3.63) is 40.4 Å². The molecule has 1 aromatic carbocycles. The molecule has 1 aromatic rings. The minimum absolute atomic E-state index is 0. The van der Waals surface area contributed by atoms with Crippen molar-refractivity contribution in [2.75, 3.05) is 0 Å². The second-order valence-electron chi connectivity index (χ2n) is 3.39. The van der Waals surface area contributed by atoms with Crippen molar-refractivity contribution in [2.24, 2.45) is 5.73 Å². The molecule has 0 saturated carbocycles. The van der Waals surface area contributed by atoms with E-state index in [2.05, 4.69) is 22.5 Å². The third-order valence-corrected chi connectivity index (χ3v) is 2.84. The molecule has 2 nitrogen and oxygen atoms in total. The highest BCUT2D eigenvalue weighted by Crippen LogP contribution is 2.36. The molecule has 0 aromatic heterocycles. The van der Waals surface area contributed by atoms with Crippen LogP contribution in [0.5, 0.6) is 5.75 Å². The molecule has 0 aliphatic rings. The lowest BCUT2D eigenvalue weighted by Gasteiger charge is -2.15. The zero-order valence-corrected chi connectivity index (χ0v) is 11.3. The van der Waals surface area contributed by atoms with Gasteiger partial charge in [-0.1, -0.05) is 6.08 Å². The van der Waals surface area contributed by atoms with Gasteiger partial charge in [-0.15, -0.1) is 19.0 Å². The first-order valence-electron chi connectivity index (χ1n) is 4.71. The normalized spacial score (nSPS) is 11.8. The molecular formula is C11H13BrClF2NO. The minimum atomic E-state index is -1.10. The zero-order chi connectivity index (χ0) is 12.3. The summed E-state index contributed by atoms with van der Waals surface area (Å²) in [5.41, 5.74) is 5.48. The number of hydrogen-bond donors (Lipinski definition) is 2. The Hall–Kier alpha value is -0.650. The molecule has 0 radical (unpaired) electrons. The Labute approximate surface area is 113 Å². The Bertz CT molecular complexity index is 389. The van der Waals surface area contributed by atoms with Gasteiger partial charge >= 0.3 is 0 Å². The van der Waals surface area contributed by atoms with Crippen LogP contribution in [0.3, 0.4) is 0 Å². The van der Waals surface area contributed by atoms with E-state index in [0.717, 1.165) is 6.07 Å². The molecule has 0 fully saturated rings. The fraction of sp³-hybridized carbons (Fsp3) is 0.273. The van der Waals surface area contributed by atoms with Crippen molar-refractivity contribution in [1.82, 2.24) is 0 Å². The largest absolute Gasteiger partial charge is 0.506 e. The second kappa shape index (κ2) is 6.93. The number of rotatable bonds is 4. The lowest BCUT2D eigenvalue weighted by molar-refractivity contribution is 0.424. The van der Waals surface area contributed by atoms with Crippen molar-refractivity contribution in [3.63, 3.8) is 0 Å². The topological polar surface area (TPSA) is 46.2 Å². The van der Waals surface area contributed by atoms with Crippen molar-refractivity contribution < 1.29 is 13.9 Å². The van der Waals surface area contributed by atoms with Gasteiger partial charge in [0.15, 0.2) is 11.6 Å². The smallest absolute Gasteiger partial charge is 0.167 e. The first kappa shape index (κ1) is 16.4. The molecule has 96 valence electrons. The van der Waals surface area contributed by atoms with Gasteiger partial charge in [0.2, 0.25) is 0 Å². The molecule has 3 N–H and O–H groups in total. The molecule has 0 saturated heterocycles. The summed E-state index contributed by atoms with van der Waals surface area (Å²) in [5.74, 6) is -2.48. The van der Waals surface area contributed by atoms with E-state index >= 15 is 0 Å². The highest BCUT2D eigenvalue weighted by atomic mass is 79.9. The van der Waals surface area contributed by atoms with Gasteiger partial charge in [0.25, 0.3) is 0 Å². The van der Waals surface area contributed by atoms with E-state index < -0.39 is 17.7 Å². The maximum Gasteiger partial charge on any atom is 0.167 e. The molecule has 0 bridgehead atoms. The van der Waals surface area contributed by atoms with Crippen LogP contribution in [0.1, 0.15) is 24.4 Å². The van der Waals surface area contributed by atoms with Crippen LogP contribution in [0.2, 0.25) is 0 Å². The number of halogens is 4. The summed E-state index contributed by atoms with van der Waals surface area (Å²) >= 11 is 2.94. The van der Waals surface area contributed by atoms with Crippen LogP contribution in [0.15, 0.2) is 23.2 Å². The Kier molecular flexibility index (Phi) is 6.67. The van der Waals surface area contributed by atoms with Crippen molar-refractivity contribution in [1.29, 1.82) is 0 Å². The summed E-state index contributed by atoms with van der Waals surface area (Å²) in [6.45, 7) is 3.51. The number of hydrogen-bond acceptors (Lipinski definition) is 2.